The molecule has 0 aliphatic heterocycles. The number of carbonyl (C=O) groups excluding carboxylic acids is 1. The first-order valence-electron chi connectivity index (χ1n) is 9.51. The minimum absolute atomic E-state index is 0.226. The molecule has 1 aromatic carbocycles. The predicted octanol–water partition coefficient (Wildman–Crippen LogP) is 5.77. The summed E-state index contributed by atoms with van der Waals surface area (Å²) in [7, 11) is 0. The van der Waals surface area contributed by atoms with Crippen molar-refractivity contribution in [1.82, 2.24) is 0 Å². The molecule has 2 unspecified atom stereocenters. The van der Waals surface area contributed by atoms with Gasteiger partial charge in [-0.05, 0) is 71.1 Å². The van der Waals surface area contributed by atoms with Gasteiger partial charge in [0.05, 0.1) is 0 Å². The van der Waals surface area contributed by atoms with Crippen molar-refractivity contribution in [1.29, 1.82) is 0 Å². The molecular weight excluding hydrogens is 296 g/mol. The second-order valence-corrected chi connectivity index (χ2v) is 9.15. The number of fused-ring (bicyclic) bond motifs is 3. The molecule has 0 heterocycles. The zero-order valence-corrected chi connectivity index (χ0v) is 16.2. The van der Waals surface area contributed by atoms with Gasteiger partial charge < -0.3 is 4.74 Å². The lowest BCUT2D eigenvalue weighted by Crippen LogP contribution is -2.47. The third-order valence-electron chi connectivity index (χ3n) is 6.66. The Labute approximate surface area is 147 Å². The summed E-state index contributed by atoms with van der Waals surface area (Å²) in [6, 6.07) is 4.53. The molecule has 0 aromatic heterocycles. The van der Waals surface area contributed by atoms with Crippen molar-refractivity contribution in [3.63, 3.8) is 0 Å². The fraction of sp³-hybridized carbons (Fsp3) is 0.682. The van der Waals surface area contributed by atoms with Crippen LogP contribution in [0.5, 0.6) is 5.75 Å². The van der Waals surface area contributed by atoms with Crippen LogP contribution in [-0.2, 0) is 16.6 Å². The smallest absolute Gasteiger partial charge is 0.308 e. The van der Waals surface area contributed by atoms with Gasteiger partial charge in [-0.2, -0.15) is 0 Å². The molecule has 132 valence electrons. The van der Waals surface area contributed by atoms with Crippen LogP contribution in [0.3, 0.4) is 0 Å². The molecule has 1 fully saturated rings. The van der Waals surface area contributed by atoms with E-state index in [-0.39, 0.29) is 11.4 Å². The van der Waals surface area contributed by atoms with E-state index in [1.165, 1.54) is 49.3 Å². The first-order valence-corrected chi connectivity index (χ1v) is 9.51. The van der Waals surface area contributed by atoms with Gasteiger partial charge in [-0.25, -0.2) is 0 Å². The topological polar surface area (TPSA) is 26.3 Å². The Balaban J connectivity index is 2.13. The Hall–Kier alpha value is -1.31. The highest BCUT2D eigenvalue weighted by molar-refractivity contribution is 5.70. The molecule has 24 heavy (non-hydrogen) atoms. The van der Waals surface area contributed by atoms with Gasteiger partial charge in [0.1, 0.15) is 5.75 Å². The standard InChI is InChI=1S/C22H32O2/c1-14(2)17-13-18-16(12-19(17)24-15(3)23)8-9-20-21(4,5)10-7-11-22(18,20)6/h12-14,20H,7-11H2,1-6H3. The molecule has 0 spiro atoms. The van der Waals surface area contributed by atoms with E-state index in [1.54, 1.807) is 0 Å². The minimum Gasteiger partial charge on any atom is -0.426 e. The summed E-state index contributed by atoms with van der Waals surface area (Å²) in [6.45, 7) is 13.2. The lowest BCUT2D eigenvalue weighted by Gasteiger charge is -2.54. The van der Waals surface area contributed by atoms with Gasteiger partial charge in [-0.1, -0.05) is 47.1 Å². The maximum absolute atomic E-state index is 11.5. The van der Waals surface area contributed by atoms with E-state index in [2.05, 4.69) is 46.8 Å². The van der Waals surface area contributed by atoms with E-state index in [9.17, 15) is 4.79 Å². The van der Waals surface area contributed by atoms with Crippen LogP contribution >= 0.6 is 0 Å². The van der Waals surface area contributed by atoms with Crippen molar-refractivity contribution in [3.8, 4) is 5.75 Å². The van der Waals surface area contributed by atoms with E-state index in [4.69, 9.17) is 4.74 Å². The summed E-state index contributed by atoms with van der Waals surface area (Å²) >= 11 is 0. The van der Waals surface area contributed by atoms with Gasteiger partial charge in [0.2, 0.25) is 0 Å². The molecule has 0 saturated heterocycles. The van der Waals surface area contributed by atoms with Crippen molar-refractivity contribution >= 4 is 5.97 Å². The van der Waals surface area contributed by atoms with E-state index in [0.717, 1.165) is 18.1 Å². The molecule has 1 saturated carbocycles. The summed E-state index contributed by atoms with van der Waals surface area (Å²) in [4.78, 5) is 11.5. The Morgan fingerprint density at radius 2 is 1.92 bits per heavy atom. The number of hydrogen-bond acceptors (Lipinski definition) is 2. The van der Waals surface area contributed by atoms with Crippen LogP contribution in [0.15, 0.2) is 12.1 Å². The fourth-order valence-electron chi connectivity index (χ4n) is 5.53. The van der Waals surface area contributed by atoms with Crippen molar-refractivity contribution < 1.29 is 9.53 Å². The Morgan fingerprint density at radius 1 is 1.21 bits per heavy atom. The largest absolute Gasteiger partial charge is 0.426 e. The monoisotopic (exact) mass is 328 g/mol. The maximum Gasteiger partial charge on any atom is 0.308 e. The second-order valence-electron chi connectivity index (χ2n) is 9.15. The minimum atomic E-state index is -0.226. The van der Waals surface area contributed by atoms with Crippen LogP contribution in [0.2, 0.25) is 0 Å². The van der Waals surface area contributed by atoms with Gasteiger partial charge in [0.25, 0.3) is 0 Å². The first kappa shape index (κ1) is 17.5. The molecule has 2 atom stereocenters. The molecule has 0 bridgehead atoms. The number of hydrogen-bond donors (Lipinski definition) is 0. The average Bonchev–Trinajstić information content (AvgIpc) is 2.44. The fourth-order valence-corrected chi connectivity index (χ4v) is 5.53. The third kappa shape index (κ3) is 2.78. The van der Waals surface area contributed by atoms with Crippen LogP contribution in [0, 0.1) is 11.3 Å². The molecule has 1 aromatic rings. The van der Waals surface area contributed by atoms with Gasteiger partial charge in [0, 0.05) is 6.92 Å². The van der Waals surface area contributed by atoms with E-state index in [1.807, 2.05) is 0 Å². The number of aryl methyl sites for hydroxylation is 1. The normalized spacial score (nSPS) is 28.2. The average molecular weight is 328 g/mol. The van der Waals surface area contributed by atoms with Gasteiger partial charge in [-0.15, -0.1) is 0 Å². The molecule has 0 N–H and O–H groups in total. The number of ether oxygens (including phenoxy) is 1. The van der Waals surface area contributed by atoms with E-state index >= 15 is 0 Å². The predicted molar refractivity (Wildman–Crippen MR) is 98.6 cm³/mol. The summed E-state index contributed by atoms with van der Waals surface area (Å²) in [5, 5.41) is 0. The quantitative estimate of drug-likeness (QED) is 0.509. The molecule has 0 radical (unpaired) electrons. The Kier molecular flexibility index (Phi) is 4.30. The molecule has 3 rings (SSSR count). The van der Waals surface area contributed by atoms with Crippen molar-refractivity contribution in [3.05, 3.63) is 28.8 Å². The Bertz CT molecular complexity index is 656. The highest BCUT2D eigenvalue weighted by Crippen LogP contribution is 2.57. The molecule has 2 nitrogen and oxygen atoms in total. The number of carbonyl (C=O) groups is 1. The maximum atomic E-state index is 11.5. The summed E-state index contributed by atoms with van der Waals surface area (Å²) < 4.78 is 5.54. The third-order valence-corrected chi connectivity index (χ3v) is 6.66. The van der Waals surface area contributed by atoms with Crippen molar-refractivity contribution in [2.24, 2.45) is 11.3 Å². The van der Waals surface area contributed by atoms with Crippen LogP contribution < -0.4 is 4.74 Å². The Morgan fingerprint density at radius 3 is 2.54 bits per heavy atom. The summed E-state index contributed by atoms with van der Waals surface area (Å²) in [5.74, 6) is 1.64. The van der Waals surface area contributed by atoms with E-state index < -0.39 is 0 Å². The molecule has 2 aliphatic rings. The lowest BCUT2D eigenvalue weighted by molar-refractivity contribution is -0.131. The van der Waals surface area contributed by atoms with Crippen LogP contribution in [0.25, 0.3) is 0 Å². The molecule has 2 aliphatic carbocycles. The van der Waals surface area contributed by atoms with Gasteiger partial charge in [0.15, 0.2) is 0 Å². The first-order chi connectivity index (χ1) is 11.1. The van der Waals surface area contributed by atoms with Crippen molar-refractivity contribution in [2.75, 3.05) is 0 Å². The van der Waals surface area contributed by atoms with Crippen LogP contribution in [-0.4, -0.2) is 5.97 Å². The zero-order chi connectivity index (χ0) is 17.7. The highest BCUT2D eigenvalue weighted by atomic mass is 16.5. The van der Waals surface area contributed by atoms with Crippen LogP contribution in [0.1, 0.15) is 89.8 Å². The SMILES string of the molecule is CC(=O)Oc1cc2c(cc1C(C)C)C1(C)CCCC(C)(C)C1CC2. The summed E-state index contributed by atoms with van der Waals surface area (Å²) in [5.41, 5.74) is 4.76. The van der Waals surface area contributed by atoms with Crippen molar-refractivity contribution in [2.45, 2.75) is 85.0 Å². The van der Waals surface area contributed by atoms with Crippen LogP contribution in [0.4, 0.5) is 0 Å². The molecular formula is C22H32O2. The van der Waals surface area contributed by atoms with Gasteiger partial charge >= 0.3 is 5.97 Å². The number of esters is 1. The lowest BCUT2D eigenvalue weighted by atomic mass is 9.50. The molecule has 2 heteroatoms. The molecule has 0 amide bonds. The second kappa shape index (κ2) is 5.89. The summed E-state index contributed by atoms with van der Waals surface area (Å²) in [6.07, 6.45) is 6.27. The zero-order valence-electron chi connectivity index (χ0n) is 16.2. The number of rotatable bonds is 2. The van der Waals surface area contributed by atoms with E-state index in [0.29, 0.717) is 11.3 Å². The van der Waals surface area contributed by atoms with Gasteiger partial charge in [-0.3, -0.25) is 4.79 Å². The number of benzene rings is 1. The highest BCUT2D eigenvalue weighted by Gasteiger charge is 2.49.